The zero-order valence-electron chi connectivity index (χ0n) is 19.4. The van der Waals surface area contributed by atoms with Crippen LogP contribution in [0.25, 0.3) is 0 Å². The summed E-state index contributed by atoms with van der Waals surface area (Å²) in [7, 11) is 0. The van der Waals surface area contributed by atoms with E-state index >= 15 is 0 Å². The number of hydrogen-bond acceptors (Lipinski definition) is 5. The minimum absolute atomic E-state index is 0.105. The molecule has 1 saturated heterocycles. The van der Waals surface area contributed by atoms with Crippen molar-refractivity contribution < 1.29 is 32.7 Å². The van der Waals surface area contributed by atoms with Gasteiger partial charge >= 0.3 is 5.97 Å². The normalized spacial score (nSPS) is 16.6. The number of aliphatic carboxylic acids is 1. The van der Waals surface area contributed by atoms with Gasteiger partial charge in [0.25, 0.3) is 5.91 Å². The van der Waals surface area contributed by atoms with Crippen LogP contribution in [-0.2, 0) is 20.8 Å². The van der Waals surface area contributed by atoms with Gasteiger partial charge in [-0.1, -0.05) is 34.1 Å². The lowest BCUT2D eigenvalue weighted by Crippen LogP contribution is -2.44. The highest BCUT2D eigenvalue weighted by atomic mass is 32.2. The predicted octanol–water partition coefficient (Wildman–Crippen LogP) is 3.28. The van der Waals surface area contributed by atoms with Gasteiger partial charge in [0, 0.05) is 37.2 Å². The fourth-order valence-electron chi connectivity index (χ4n) is 2.82. The van der Waals surface area contributed by atoms with Crippen LogP contribution in [0.4, 0.5) is 13.2 Å². The molecule has 11 heteroatoms. The monoisotopic (exact) mass is 493 g/mol. The van der Waals surface area contributed by atoms with Crippen molar-refractivity contribution in [3.63, 3.8) is 0 Å². The Hall–Kier alpha value is -2.27. The molecule has 0 aliphatic carbocycles. The maximum atomic E-state index is 13.6. The molecular weight excluding hydrogens is 459 g/mol. The van der Waals surface area contributed by atoms with Crippen LogP contribution in [0.2, 0.25) is 0 Å². The molecule has 1 heterocycles. The van der Waals surface area contributed by atoms with E-state index in [-0.39, 0.29) is 24.3 Å². The third-order valence-electron chi connectivity index (χ3n) is 4.68. The Bertz CT molecular complexity index is 798. The Morgan fingerprint density at radius 1 is 1.15 bits per heavy atom. The number of carbonyl (C=O) groups excluding carboxylic acids is 2. The highest BCUT2D eigenvalue weighted by Crippen LogP contribution is 2.24. The van der Waals surface area contributed by atoms with E-state index in [1.165, 1.54) is 16.7 Å². The quantitative estimate of drug-likeness (QED) is 0.477. The van der Waals surface area contributed by atoms with Crippen LogP contribution in [0.5, 0.6) is 0 Å². The van der Waals surface area contributed by atoms with Crippen molar-refractivity contribution in [1.29, 1.82) is 0 Å². The van der Waals surface area contributed by atoms with Gasteiger partial charge in [0.15, 0.2) is 17.0 Å². The van der Waals surface area contributed by atoms with Crippen molar-refractivity contribution in [3.05, 3.63) is 35.1 Å². The van der Waals surface area contributed by atoms with Gasteiger partial charge in [-0.2, -0.15) is 0 Å². The predicted molar refractivity (Wildman–Crippen MR) is 123 cm³/mol. The summed E-state index contributed by atoms with van der Waals surface area (Å²) < 4.78 is 39.6. The number of thioether (sulfide) groups is 1. The lowest BCUT2D eigenvalue weighted by Gasteiger charge is -2.23. The second kappa shape index (κ2) is 15.5. The van der Waals surface area contributed by atoms with E-state index in [2.05, 4.69) is 0 Å². The van der Waals surface area contributed by atoms with Crippen LogP contribution < -0.4 is 11.5 Å². The summed E-state index contributed by atoms with van der Waals surface area (Å²) in [5, 5.41) is 7.49. The molecule has 1 aromatic rings. The number of rotatable bonds is 8. The third-order valence-corrected chi connectivity index (χ3v) is 5.90. The Kier molecular flexibility index (Phi) is 14.5. The highest BCUT2D eigenvalue weighted by molar-refractivity contribution is 8.00. The summed E-state index contributed by atoms with van der Waals surface area (Å²) in [5.74, 6) is -4.15. The molecule has 0 bridgehead atoms. The summed E-state index contributed by atoms with van der Waals surface area (Å²) in [6, 6.07) is 0.382. The van der Waals surface area contributed by atoms with E-state index in [0.29, 0.717) is 30.7 Å². The number of primary amides is 1. The smallest absolute Gasteiger partial charge is 0.303 e. The number of carboxylic acid groups (broad SMARTS) is 1. The van der Waals surface area contributed by atoms with Gasteiger partial charge in [0.1, 0.15) is 5.82 Å². The number of amides is 2. The number of benzene rings is 1. The number of nitrogens with zero attached hydrogens (tertiary/aromatic N) is 1. The van der Waals surface area contributed by atoms with E-state index in [0.717, 1.165) is 12.5 Å². The fourth-order valence-corrected chi connectivity index (χ4v) is 3.91. The van der Waals surface area contributed by atoms with Gasteiger partial charge in [-0.3, -0.25) is 14.4 Å². The van der Waals surface area contributed by atoms with E-state index in [4.69, 9.17) is 16.6 Å². The van der Waals surface area contributed by atoms with Crippen molar-refractivity contribution in [1.82, 2.24) is 4.90 Å². The second-order valence-electron chi connectivity index (χ2n) is 7.35. The lowest BCUT2D eigenvalue weighted by atomic mass is 10.0. The first-order valence-electron chi connectivity index (χ1n) is 10.8. The average molecular weight is 494 g/mol. The Morgan fingerprint density at radius 3 is 2.21 bits per heavy atom. The van der Waals surface area contributed by atoms with Crippen LogP contribution in [0, 0.1) is 23.4 Å². The van der Waals surface area contributed by atoms with E-state index in [1.54, 1.807) is 0 Å². The molecule has 5 N–H and O–H groups in total. The number of carboxylic acids is 1. The topological polar surface area (TPSA) is 127 Å². The van der Waals surface area contributed by atoms with Gasteiger partial charge in [-0.15, -0.1) is 11.8 Å². The van der Waals surface area contributed by atoms with Gasteiger partial charge in [0.2, 0.25) is 5.91 Å². The van der Waals surface area contributed by atoms with E-state index < -0.39 is 40.7 Å². The highest BCUT2D eigenvalue weighted by Gasteiger charge is 2.33. The molecule has 33 heavy (non-hydrogen) atoms. The molecule has 1 fully saturated rings. The van der Waals surface area contributed by atoms with E-state index in [1.807, 2.05) is 27.7 Å². The van der Waals surface area contributed by atoms with Crippen LogP contribution in [0.15, 0.2) is 12.1 Å². The maximum absolute atomic E-state index is 13.6. The molecule has 3 unspecified atom stereocenters. The number of hydrogen-bond donors (Lipinski definition) is 3. The van der Waals surface area contributed by atoms with Crippen LogP contribution in [0.1, 0.15) is 52.5 Å². The first-order chi connectivity index (χ1) is 15.5. The first kappa shape index (κ1) is 30.7. The molecule has 2 amide bonds. The van der Waals surface area contributed by atoms with Gasteiger partial charge in [-0.25, -0.2) is 13.2 Å². The van der Waals surface area contributed by atoms with Gasteiger partial charge in [-0.05, 0) is 24.0 Å². The zero-order valence-corrected chi connectivity index (χ0v) is 20.3. The zero-order chi connectivity index (χ0) is 25.7. The van der Waals surface area contributed by atoms with Crippen molar-refractivity contribution in [2.45, 2.75) is 64.8 Å². The minimum atomic E-state index is -1.28. The summed E-state index contributed by atoms with van der Waals surface area (Å²) in [6.45, 7) is 8.31. The van der Waals surface area contributed by atoms with Crippen molar-refractivity contribution >= 4 is 29.5 Å². The maximum Gasteiger partial charge on any atom is 0.303 e. The summed E-state index contributed by atoms with van der Waals surface area (Å²) in [4.78, 5) is 34.7. The molecular formula is C22H34F3N3O4S. The number of nitrogens with two attached hydrogens (primary N) is 2. The molecule has 1 aromatic carbocycles. The summed E-state index contributed by atoms with van der Waals surface area (Å²) >= 11 is 1.26. The van der Waals surface area contributed by atoms with Crippen LogP contribution in [-0.4, -0.2) is 51.5 Å². The van der Waals surface area contributed by atoms with E-state index in [9.17, 15) is 27.6 Å². The number of halogens is 3. The molecule has 0 spiro atoms. The average Bonchev–Trinajstić information content (AvgIpc) is 3.24. The molecule has 3 atom stereocenters. The molecule has 0 aromatic heterocycles. The molecule has 7 nitrogen and oxygen atoms in total. The van der Waals surface area contributed by atoms with Crippen LogP contribution in [0.3, 0.4) is 0 Å². The van der Waals surface area contributed by atoms with Gasteiger partial charge < -0.3 is 21.5 Å². The lowest BCUT2D eigenvalue weighted by molar-refractivity contribution is -0.138. The number of carbonyl (C=O) groups is 3. The molecule has 0 radical (unpaired) electrons. The van der Waals surface area contributed by atoms with Crippen LogP contribution >= 0.6 is 11.8 Å². The molecule has 0 saturated carbocycles. The van der Waals surface area contributed by atoms with Gasteiger partial charge in [0.05, 0.1) is 0 Å². The first-order valence-corrected chi connectivity index (χ1v) is 11.8. The molecule has 1 aliphatic rings. The summed E-state index contributed by atoms with van der Waals surface area (Å²) in [6.07, 6.45) is 0.975. The molecule has 2 rings (SSSR count). The second-order valence-corrected chi connectivity index (χ2v) is 8.54. The van der Waals surface area contributed by atoms with Crippen molar-refractivity contribution in [2.75, 3.05) is 12.3 Å². The standard InChI is InChI=1S/C14H16F3N3O2S.C6H12O2.C2H6/c15-9-6-11(17)10(16)4-7(9)3-8(18)5-12(21)20-1-2-23-14(20)13(19)22;1-3-5(2)4-6(7)8;1-2/h4,6,8,14H,1-3,5,18H2,(H2,19,22);5H,3-4H2,1-2H3,(H,7,8);1-2H3. The third kappa shape index (κ3) is 10.9. The van der Waals surface area contributed by atoms with Crippen molar-refractivity contribution in [2.24, 2.45) is 17.4 Å². The molecule has 1 aliphatic heterocycles. The Balaban J connectivity index is 0.000000868. The largest absolute Gasteiger partial charge is 0.481 e. The van der Waals surface area contributed by atoms with Crippen molar-refractivity contribution in [3.8, 4) is 0 Å². The summed E-state index contributed by atoms with van der Waals surface area (Å²) in [5.41, 5.74) is 10.9. The Morgan fingerprint density at radius 2 is 1.73 bits per heavy atom. The Labute approximate surface area is 197 Å². The fraction of sp³-hybridized carbons (Fsp3) is 0.591. The minimum Gasteiger partial charge on any atom is -0.481 e. The molecule has 188 valence electrons. The SMILES string of the molecule is CC.CCC(C)CC(=O)O.NC(=O)C1SCCN1C(=O)CC(N)Cc1cc(F)c(F)cc1F.